The standard InChI is InChI=1S/C11H6ClF4N3O2/c12-5-3-4(1-2-6(5)13)21-7-8(11(14,15)16)18-10(17)19-9(7)20/h1-3H,(H3,17,18,19,20). The number of hydrogen-bond acceptors (Lipinski definition) is 4. The minimum absolute atomic E-state index is 0.260. The number of aromatic amines is 1. The lowest BCUT2D eigenvalue weighted by atomic mass is 10.3. The molecule has 2 rings (SSSR count). The number of aromatic nitrogens is 2. The fourth-order valence-electron chi connectivity index (χ4n) is 1.42. The summed E-state index contributed by atoms with van der Waals surface area (Å²) in [4.78, 5) is 16.4. The van der Waals surface area contributed by atoms with Gasteiger partial charge < -0.3 is 10.5 Å². The van der Waals surface area contributed by atoms with Crippen LogP contribution in [-0.4, -0.2) is 9.97 Å². The Morgan fingerprint density at radius 2 is 2.00 bits per heavy atom. The summed E-state index contributed by atoms with van der Waals surface area (Å²) in [7, 11) is 0. The summed E-state index contributed by atoms with van der Waals surface area (Å²) in [5, 5.41) is -0.374. The third kappa shape index (κ3) is 3.24. The topological polar surface area (TPSA) is 81.0 Å². The molecule has 21 heavy (non-hydrogen) atoms. The summed E-state index contributed by atoms with van der Waals surface area (Å²) < 4.78 is 56.3. The Kier molecular flexibility index (Phi) is 3.77. The highest BCUT2D eigenvalue weighted by atomic mass is 35.5. The minimum atomic E-state index is -4.96. The zero-order chi connectivity index (χ0) is 15.8. The molecular formula is C11H6ClF4N3O2. The van der Waals surface area contributed by atoms with E-state index in [4.69, 9.17) is 22.1 Å². The first-order chi connectivity index (χ1) is 9.68. The van der Waals surface area contributed by atoms with E-state index < -0.39 is 34.9 Å². The van der Waals surface area contributed by atoms with E-state index in [2.05, 4.69) is 4.98 Å². The Labute approximate surface area is 119 Å². The third-order valence-corrected chi connectivity index (χ3v) is 2.56. The lowest BCUT2D eigenvalue weighted by Crippen LogP contribution is -2.21. The molecule has 0 fully saturated rings. The van der Waals surface area contributed by atoms with Crippen molar-refractivity contribution in [3.8, 4) is 11.5 Å². The Morgan fingerprint density at radius 3 is 2.57 bits per heavy atom. The van der Waals surface area contributed by atoms with Crippen LogP contribution in [0.5, 0.6) is 11.5 Å². The Morgan fingerprint density at radius 1 is 1.33 bits per heavy atom. The second kappa shape index (κ2) is 5.24. The van der Waals surface area contributed by atoms with Gasteiger partial charge in [-0.25, -0.2) is 9.37 Å². The number of nitrogens with two attached hydrogens (primary N) is 1. The van der Waals surface area contributed by atoms with Gasteiger partial charge in [-0.05, 0) is 12.1 Å². The van der Waals surface area contributed by atoms with Crippen LogP contribution in [0.3, 0.4) is 0 Å². The molecule has 0 aliphatic carbocycles. The third-order valence-electron chi connectivity index (χ3n) is 2.27. The van der Waals surface area contributed by atoms with Gasteiger partial charge in [0.25, 0.3) is 5.56 Å². The maximum atomic E-state index is 13.0. The number of hydrogen-bond donors (Lipinski definition) is 2. The molecule has 10 heteroatoms. The second-order valence-electron chi connectivity index (χ2n) is 3.80. The van der Waals surface area contributed by atoms with Crippen molar-refractivity contribution in [2.24, 2.45) is 0 Å². The fraction of sp³-hybridized carbons (Fsp3) is 0.0909. The van der Waals surface area contributed by atoms with Crippen LogP contribution in [0, 0.1) is 5.82 Å². The predicted octanol–water partition coefficient (Wildman–Crippen LogP) is 2.96. The van der Waals surface area contributed by atoms with Crippen LogP contribution in [0.15, 0.2) is 23.0 Å². The summed E-state index contributed by atoms with van der Waals surface area (Å²) in [6.07, 6.45) is -4.96. The van der Waals surface area contributed by atoms with Crippen molar-refractivity contribution in [3.05, 3.63) is 45.1 Å². The van der Waals surface area contributed by atoms with Gasteiger partial charge in [0.2, 0.25) is 11.7 Å². The number of H-pyrrole nitrogens is 1. The average molecular weight is 324 g/mol. The molecule has 1 aromatic carbocycles. The highest BCUT2D eigenvalue weighted by Crippen LogP contribution is 2.35. The molecule has 0 aliphatic heterocycles. The summed E-state index contributed by atoms with van der Waals surface area (Å²) in [5.41, 5.74) is 2.25. The molecule has 1 heterocycles. The van der Waals surface area contributed by atoms with Gasteiger partial charge in [-0.3, -0.25) is 9.78 Å². The first-order valence-electron chi connectivity index (χ1n) is 5.28. The van der Waals surface area contributed by atoms with Crippen LogP contribution in [0.4, 0.5) is 23.5 Å². The molecule has 0 atom stereocenters. The van der Waals surface area contributed by atoms with Crippen molar-refractivity contribution in [3.63, 3.8) is 0 Å². The van der Waals surface area contributed by atoms with Crippen LogP contribution >= 0.6 is 11.6 Å². The van der Waals surface area contributed by atoms with Gasteiger partial charge >= 0.3 is 6.18 Å². The van der Waals surface area contributed by atoms with Gasteiger partial charge in [0, 0.05) is 6.07 Å². The highest BCUT2D eigenvalue weighted by molar-refractivity contribution is 6.30. The molecule has 0 unspecified atom stereocenters. The van der Waals surface area contributed by atoms with Gasteiger partial charge in [0.1, 0.15) is 11.6 Å². The van der Waals surface area contributed by atoms with Crippen molar-refractivity contribution in [1.82, 2.24) is 9.97 Å². The van der Waals surface area contributed by atoms with Gasteiger partial charge in [-0.15, -0.1) is 0 Å². The van der Waals surface area contributed by atoms with E-state index in [-0.39, 0.29) is 10.8 Å². The molecule has 0 bridgehead atoms. The van der Waals surface area contributed by atoms with Gasteiger partial charge in [0.15, 0.2) is 5.69 Å². The molecule has 2 aromatic rings. The summed E-state index contributed by atoms with van der Waals surface area (Å²) >= 11 is 5.48. The van der Waals surface area contributed by atoms with Crippen molar-refractivity contribution >= 4 is 17.5 Å². The summed E-state index contributed by atoms with van der Waals surface area (Å²) in [6.45, 7) is 0. The van der Waals surface area contributed by atoms with E-state index in [0.717, 1.165) is 18.2 Å². The number of alkyl halides is 3. The minimum Gasteiger partial charge on any atom is -0.449 e. The lowest BCUT2D eigenvalue weighted by molar-refractivity contribution is -0.142. The van der Waals surface area contributed by atoms with E-state index in [9.17, 15) is 22.4 Å². The number of benzene rings is 1. The van der Waals surface area contributed by atoms with Gasteiger partial charge in [-0.2, -0.15) is 13.2 Å². The zero-order valence-corrected chi connectivity index (χ0v) is 10.7. The Bertz CT molecular complexity index is 745. The van der Waals surface area contributed by atoms with Gasteiger partial charge in [-0.1, -0.05) is 11.6 Å². The van der Waals surface area contributed by atoms with E-state index in [1.54, 1.807) is 0 Å². The summed E-state index contributed by atoms with van der Waals surface area (Å²) in [5.74, 6) is -2.87. The number of nitrogens with one attached hydrogen (secondary N) is 1. The van der Waals surface area contributed by atoms with Crippen molar-refractivity contribution < 1.29 is 22.3 Å². The molecule has 0 radical (unpaired) electrons. The number of anilines is 1. The number of nitrogen functional groups attached to an aromatic ring is 1. The number of ether oxygens (including phenoxy) is 1. The Balaban J connectivity index is 2.53. The zero-order valence-electron chi connectivity index (χ0n) is 9.96. The summed E-state index contributed by atoms with van der Waals surface area (Å²) in [6, 6.07) is 2.81. The molecule has 5 nitrogen and oxygen atoms in total. The SMILES string of the molecule is Nc1nc(C(F)(F)F)c(Oc2ccc(F)c(Cl)c2)c(=O)[nH]1. The predicted molar refractivity (Wildman–Crippen MR) is 65.8 cm³/mol. The van der Waals surface area contributed by atoms with Crippen LogP contribution in [-0.2, 0) is 6.18 Å². The maximum Gasteiger partial charge on any atom is 0.437 e. The van der Waals surface area contributed by atoms with Gasteiger partial charge in [0.05, 0.1) is 5.02 Å². The molecule has 0 saturated heterocycles. The largest absolute Gasteiger partial charge is 0.449 e. The normalized spacial score (nSPS) is 11.5. The molecule has 0 amide bonds. The van der Waals surface area contributed by atoms with Crippen molar-refractivity contribution in [2.75, 3.05) is 5.73 Å². The molecule has 112 valence electrons. The first kappa shape index (κ1) is 15.1. The van der Waals surface area contributed by atoms with Crippen LogP contribution < -0.4 is 16.0 Å². The molecule has 0 aliphatic rings. The van der Waals surface area contributed by atoms with Crippen LogP contribution in [0.2, 0.25) is 5.02 Å². The maximum absolute atomic E-state index is 13.0. The van der Waals surface area contributed by atoms with E-state index in [1.165, 1.54) is 0 Å². The Hall–Kier alpha value is -2.29. The molecular weight excluding hydrogens is 318 g/mol. The lowest BCUT2D eigenvalue weighted by Gasteiger charge is -2.12. The quantitative estimate of drug-likeness (QED) is 0.833. The molecule has 0 saturated carbocycles. The van der Waals surface area contributed by atoms with E-state index >= 15 is 0 Å². The number of rotatable bonds is 2. The van der Waals surface area contributed by atoms with E-state index in [0.29, 0.717) is 0 Å². The average Bonchev–Trinajstić information content (AvgIpc) is 2.35. The van der Waals surface area contributed by atoms with Crippen molar-refractivity contribution in [2.45, 2.75) is 6.18 Å². The van der Waals surface area contributed by atoms with Crippen LogP contribution in [0.25, 0.3) is 0 Å². The fourth-order valence-corrected chi connectivity index (χ4v) is 1.60. The second-order valence-corrected chi connectivity index (χ2v) is 4.21. The van der Waals surface area contributed by atoms with Crippen molar-refractivity contribution in [1.29, 1.82) is 0 Å². The molecule has 3 N–H and O–H groups in total. The number of halogens is 5. The first-order valence-corrected chi connectivity index (χ1v) is 5.66. The monoisotopic (exact) mass is 323 g/mol. The number of nitrogens with zero attached hydrogens (tertiary/aromatic N) is 1. The van der Waals surface area contributed by atoms with E-state index in [1.807, 2.05) is 4.98 Å². The highest BCUT2D eigenvalue weighted by Gasteiger charge is 2.38. The molecule has 1 aromatic heterocycles. The smallest absolute Gasteiger partial charge is 0.437 e. The van der Waals surface area contributed by atoms with Crippen LogP contribution in [0.1, 0.15) is 5.69 Å². The molecule has 0 spiro atoms.